The number of amides is 1. The van der Waals surface area contributed by atoms with Gasteiger partial charge in [-0.05, 0) is 37.6 Å². The second-order valence-electron chi connectivity index (χ2n) is 5.00. The number of carbonyl (C=O) groups is 2. The molecular formula is C14H19N3O3. The molecule has 20 heavy (non-hydrogen) atoms. The van der Waals surface area contributed by atoms with Crippen LogP contribution in [0, 0.1) is 5.92 Å². The van der Waals surface area contributed by atoms with Gasteiger partial charge in [0.1, 0.15) is 5.69 Å². The van der Waals surface area contributed by atoms with Crippen molar-refractivity contribution in [3.63, 3.8) is 0 Å². The number of likely N-dealkylation sites (tertiary alicyclic amines) is 1. The van der Waals surface area contributed by atoms with Crippen molar-refractivity contribution in [3.05, 3.63) is 29.6 Å². The largest absolute Gasteiger partial charge is 0.477 e. The van der Waals surface area contributed by atoms with E-state index in [2.05, 4.69) is 22.1 Å². The molecule has 1 aromatic rings. The summed E-state index contributed by atoms with van der Waals surface area (Å²) in [5.41, 5.74) is 0.330. The Kier molecular flexibility index (Phi) is 4.68. The molecule has 108 valence electrons. The molecule has 1 fully saturated rings. The molecule has 0 spiro atoms. The van der Waals surface area contributed by atoms with Crippen LogP contribution in [0.5, 0.6) is 0 Å². The molecule has 0 aromatic carbocycles. The molecule has 1 aliphatic rings. The van der Waals surface area contributed by atoms with Crippen molar-refractivity contribution in [2.45, 2.75) is 13.3 Å². The summed E-state index contributed by atoms with van der Waals surface area (Å²) < 4.78 is 0. The molecule has 0 aliphatic carbocycles. The molecule has 1 saturated heterocycles. The van der Waals surface area contributed by atoms with E-state index in [4.69, 9.17) is 5.11 Å². The molecule has 6 heteroatoms. The lowest BCUT2D eigenvalue weighted by molar-refractivity contribution is 0.0689. The Morgan fingerprint density at radius 1 is 1.50 bits per heavy atom. The van der Waals surface area contributed by atoms with Gasteiger partial charge in [-0.2, -0.15) is 0 Å². The summed E-state index contributed by atoms with van der Waals surface area (Å²) in [6.45, 7) is 5.94. The highest BCUT2D eigenvalue weighted by Gasteiger charge is 2.21. The third kappa shape index (κ3) is 3.54. The van der Waals surface area contributed by atoms with Crippen LogP contribution >= 0.6 is 0 Å². The maximum absolute atomic E-state index is 11.9. The third-order valence-electron chi connectivity index (χ3n) is 3.61. The average molecular weight is 277 g/mol. The molecule has 0 saturated carbocycles. The fourth-order valence-corrected chi connectivity index (χ4v) is 2.36. The van der Waals surface area contributed by atoms with Crippen LogP contribution < -0.4 is 5.32 Å². The molecule has 1 unspecified atom stereocenters. The molecule has 0 radical (unpaired) electrons. The lowest BCUT2D eigenvalue weighted by Crippen LogP contribution is -2.31. The zero-order valence-corrected chi connectivity index (χ0v) is 11.5. The second-order valence-corrected chi connectivity index (χ2v) is 5.00. The minimum absolute atomic E-state index is 0.0593. The first-order chi connectivity index (χ1) is 9.60. The van der Waals surface area contributed by atoms with Gasteiger partial charge in [-0.3, -0.25) is 4.79 Å². The fourth-order valence-electron chi connectivity index (χ4n) is 2.36. The van der Waals surface area contributed by atoms with Crippen molar-refractivity contribution in [2.24, 2.45) is 5.92 Å². The predicted molar refractivity (Wildman–Crippen MR) is 73.8 cm³/mol. The molecule has 1 aromatic heterocycles. The summed E-state index contributed by atoms with van der Waals surface area (Å²) in [5.74, 6) is -0.808. The Labute approximate surface area is 117 Å². The van der Waals surface area contributed by atoms with E-state index in [-0.39, 0.29) is 11.6 Å². The number of carboxylic acid groups (broad SMARTS) is 1. The highest BCUT2D eigenvalue weighted by atomic mass is 16.4. The predicted octanol–water partition coefficient (Wildman–Crippen LogP) is 0.851. The lowest BCUT2D eigenvalue weighted by atomic mass is 10.1. The van der Waals surface area contributed by atoms with Gasteiger partial charge >= 0.3 is 5.97 Å². The third-order valence-corrected chi connectivity index (χ3v) is 3.61. The number of carbonyl (C=O) groups excluding carboxylic acids is 1. The van der Waals surface area contributed by atoms with Gasteiger partial charge in [0.25, 0.3) is 5.91 Å². The Morgan fingerprint density at radius 3 is 2.85 bits per heavy atom. The number of aromatic nitrogens is 1. The number of nitrogens with one attached hydrogen (secondary N) is 1. The van der Waals surface area contributed by atoms with E-state index in [1.54, 1.807) is 0 Å². The van der Waals surface area contributed by atoms with Crippen molar-refractivity contribution in [1.82, 2.24) is 15.2 Å². The first-order valence-corrected chi connectivity index (χ1v) is 6.80. The molecular weight excluding hydrogens is 258 g/mol. The van der Waals surface area contributed by atoms with Crippen LogP contribution in [0.25, 0.3) is 0 Å². The quantitative estimate of drug-likeness (QED) is 0.834. The Bertz CT molecular complexity index is 487. The molecule has 1 aliphatic heterocycles. The normalized spacial score (nSPS) is 18.9. The van der Waals surface area contributed by atoms with Gasteiger partial charge < -0.3 is 15.3 Å². The lowest BCUT2D eigenvalue weighted by Gasteiger charge is -2.13. The van der Waals surface area contributed by atoms with Crippen molar-refractivity contribution in [2.75, 3.05) is 26.2 Å². The van der Waals surface area contributed by atoms with Crippen LogP contribution in [0.2, 0.25) is 0 Å². The number of rotatable bonds is 5. The van der Waals surface area contributed by atoms with Gasteiger partial charge in [-0.25, -0.2) is 9.78 Å². The van der Waals surface area contributed by atoms with Crippen molar-refractivity contribution in [1.29, 1.82) is 0 Å². The van der Waals surface area contributed by atoms with Gasteiger partial charge in [-0.1, -0.05) is 6.92 Å². The van der Waals surface area contributed by atoms with Crippen LogP contribution in [-0.2, 0) is 0 Å². The molecule has 6 nitrogen and oxygen atoms in total. The zero-order chi connectivity index (χ0) is 14.5. The molecule has 1 atom stereocenters. The maximum atomic E-state index is 11.9. The average Bonchev–Trinajstić information content (AvgIpc) is 2.93. The van der Waals surface area contributed by atoms with E-state index >= 15 is 0 Å². The van der Waals surface area contributed by atoms with Crippen molar-refractivity contribution >= 4 is 11.9 Å². The smallest absolute Gasteiger partial charge is 0.354 e. The minimum atomic E-state index is -1.09. The van der Waals surface area contributed by atoms with E-state index < -0.39 is 5.97 Å². The first kappa shape index (κ1) is 14.5. The van der Waals surface area contributed by atoms with Crippen molar-refractivity contribution in [3.8, 4) is 0 Å². The summed E-state index contributed by atoms with van der Waals surface area (Å²) in [5, 5.41) is 11.6. The maximum Gasteiger partial charge on any atom is 0.354 e. The number of hydrogen-bond donors (Lipinski definition) is 2. The Balaban J connectivity index is 1.84. The second kappa shape index (κ2) is 6.47. The molecule has 2 N–H and O–H groups in total. The standard InChI is InChI=1S/C14H19N3O3/c1-2-17-6-5-10(9-17)7-16-13(18)11-3-4-12(14(19)20)15-8-11/h3-4,8,10H,2,5-7,9H2,1H3,(H,16,18)(H,19,20). The van der Waals surface area contributed by atoms with Gasteiger partial charge in [0.05, 0.1) is 5.56 Å². The van der Waals surface area contributed by atoms with E-state index in [9.17, 15) is 9.59 Å². The molecule has 2 rings (SSSR count). The molecule has 2 heterocycles. The first-order valence-electron chi connectivity index (χ1n) is 6.80. The van der Waals surface area contributed by atoms with Gasteiger partial charge in [0.2, 0.25) is 0 Å². The summed E-state index contributed by atoms with van der Waals surface area (Å²) in [6.07, 6.45) is 2.40. The Morgan fingerprint density at radius 2 is 2.30 bits per heavy atom. The van der Waals surface area contributed by atoms with E-state index in [0.717, 1.165) is 26.1 Å². The summed E-state index contributed by atoms with van der Waals surface area (Å²) in [7, 11) is 0. The SMILES string of the molecule is CCN1CCC(CNC(=O)c2ccc(C(=O)O)nc2)C1. The zero-order valence-electron chi connectivity index (χ0n) is 11.5. The van der Waals surface area contributed by atoms with Gasteiger partial charge in [0.15, 0.2) is 0 Å². The van der Waals surface area contributed by atoms with E-state index in [1.807, 2.05) is 0 Å². The molecule has 1 amide bonds. The van der Waals surface area contributed by atoms with Crippen molar-refractivity contribution < 1.29 is 14.7 Å². The summed E-state index contributed by atoms with van der Waals surface area (Å²) in [4.78, 5) is 28.7. The highest BCUT2D eigenvalue weighted by Crippen LogP contribution is 2.14. The number of hydrogen-bond acceptors (Lipinski definition) is 4. The van der Waals surface area contributed by atoms with Crippen LogP contribution in [-0.4, -0.2) is 53.0 Å². The number of carboxylic acids is 1. The van der Waals surface area contributed by atoms with E-state index in [0.29, 0.717) is 18.0 Å². The summed E-state index contributed by atoms with van der Waals surface area (Å²) >= 11 is 0. The van der Waals surface area contributed by atoms with Crippen LogP contribution in [0.3, 0.4) is 0 Å². The topological polar surface area (TPSA) is 82.5 Å². The van der Waals surface area contributed by atoms with E-state index in [1.165, 1.54) is 18.3 Å². The monoisotopic (exact) mass is 277 g/mol. The minimum Gasteiger partial charge on any atom is -0.477 e. The molecule has 0 bridgehead atoms. The van der Waals surface area contributed by atoms with Crippen LogP contribution in [0.4, 0.5) is 0 Å². The number of nitrogens with zero attached hydrogens (tertiary/aromatic N) is 2. The number of pyridine rings is 1. The number of aromatic carboxylic acids is 1. The Hall–Kier alpha value is -1.95. The fraction of sp³-hybridized carbons (Fsp3) is 0.500. The highest BCUT2D eigenvalue weighted by molar-refractivity contribution is 5.94. The summed E-state index contributed by atoms with van der Waals surface area (Å²) in [6, 6.07) is 2.82. The van der Waals surface area contributed by atoms with Crippen LogP contribution in [0.1, 0.15) is 34.2 Å². The van der Waals surface area contributed by atoms with Crippen LogP contribution in [0.15, 0.2) is 18.3 Å². The van der Waals surface area contributed by atoms with Gasteiger partial charge in [0, 0.05) is 19.3 Å². The van der Waals surface area contributed by atoms with Gasteiger partial charge in [-0.15, -0.1) is 0 Å².